The molecular weight excluding hydrogens is 243 g/mol. The third kappa shape index (κ3) is 1.80. The van der Waals surface area contributed by atoms with Crippen LogP contribution in [0, 0.1) is 5.82 Å². The molecule has 92 valence electrons. The van der Waals surface area contributed by atoms with Gasteiger partial charge in [-0.1, -0.05) is 42.5 Å². The molecule has 0 N–H and O–H groups in total. The largest absolute Gasteiger partial charge is 0.285 e. The normalized spacial score (nSPS) is 15.9. The Bertz CT molecular complexity index is 729. The van der Waals surface area contributed by atoms with Crippen molar-refractivity contribution in [3.05, 3.63) is 71.0 Å². The van der Waals surface area contributed by atoms with E-state index in [0.717, 1.165) is 0 Å². The molecule has 2 aromatic carbocycles. The SMILES string of the molecule is O=C1C(=O)c2ccccc2/C1=C\c1ccccc1F. The summed E-state index contributed by atoms with van der Waals surface area (Å²) in [5, 5.41) is 0. The molecule has 0 fully saturated rings. The van der Waals surface area contributed by atoms with E-state index in [9.17, 15) is 14.0 Å². The molecule has 0 radical (unpaired) electrons. The van der Waals surface area contributed by atoms with Crippen molar-refractivity contribution >= 4 is 23.2 Å². The van der Waals surface area contributed by atoms with Gasteiger partial charge >= 0.3 is 0 Å². The molecule has 0 atom stereocenters. The van der Waals surface area contributed by atoms with Gasteiger partial charge in [0.1, 0.15) is 5.82 Å². The fourth-order valence-corrected chi connectivity index (χ4v) is 2.17. The van der Waals surface area contributed by atoms with Crippen LogP contribution in [0.1, 0.15) is 21.5 Å². The molecule has 0 bridgehead atoms. The van der Waals surface area contributed by atoms with Crippen LogP contribution >= 0.6 is 0 Å². The Morgan fingerprint density at radius 3 is 2.16 bits per heavy atom. The molecule has 3 heteroatoms. The minimum atomic E-state index is -0.579. The van der Waals surface area contributed by atoms with Crippen LogP contribution in [0.4, 0.5) is 4.39 Å². The van der Waals surface area contributed by atoms with Crippen molar-refractivity contribution in [2.45, 2.75) is 0 Å². The van der Waals surface area contributed by atoms with E-state index in [0.29, 0.717) is 16.7 Å². The number of hydrogen-bond donors (Lipinski definition) is 0. The number of benzene rings is 2. The summed E-state index contributed by atoms with van der Waals surface area (Å²) in [7, 11) is 0. The van der Waals surface area contributed by atoms with E-state index in [1.165, 1.54) is 12.1 Å². The first-order chi connectivity index (χ1) is 9.18. The first-order valence-electron chi connectivity index (χ1n) is 5.83. The van der Waals surface area contributed by atoms with Crippen LogP contribution in [0.5, 0.6) is 0 Å². The molecule has 0 spiro atoms. The number of allylic oxidation sites excluding steroid dienone is 1. The molecule has 2 aromatic rings. The topological polar surface area (TPSA) is 34.1 Å². The summed E-state index contributed by atoms with van der Waals surface area (Å²) in [6.07, 6.45) is 1.43. The van der Waals surface area contributed by atoms with Gasteiger partial charge in [0.2, 0.25) is 11.6 Å². The van der Waals surface area contributed by atoms with E-state index in [1.807, 2.05) is 0 Å². The Morgan fingerprint density at radius 2 is 1.42 bits per heavy atom. The van der Waals surface area contributed by atoms with Gasteiger partial charge in [-0.25, -0.2) is 4.39 Å². The quantitative estimate of drug-likeness (QED) is 0.577. The van der Waals surface area contributed by atoms with Crippen molar-refractivity contribution < 1.29 is 14.0 Å². The second-order valence-electron chi connectivity index (χ2n) is 4.28. The average Bonchev–Trinajstić information content (AvgIpc) is 2.67. The van der Waals surface area contributed by atoms with E-state index in [4.69, 9.17) is 0 Å². The highest BCUT2D eigenvalue weighted by molar-refractivity contribution is 6.64. The van der Waals surface area contributed by atoms with Crippen molar-refractivity contribution in [3.8, 4) is 0 Å². The molecule has 3 rings (SSSR count). The zero-order valence-corrected chi connectivity index (χ0v) is 9.89. The lowest BCUT2D eigenvalue weighted by molar-refractivity contribution is -0.109. The molecule has 2 nitrogen and oxygen atoms in total. The van der Waals surface area contributed by atoms with Gasteiger partial charge in [-0.3, -0.25) is 9.59 Å². The third-order valence-electron chi connectivity index (χ3n) is 3.12. The Kier molecular flexibility index (Phi) is 2.60. The van der Waals surface area contributed by atoms with E-state index in [-0.39, 0.29) is 5.57 Å². The van der Waals surface area contributed by atoms with Gasteiger partial charge in [0, 0.05) is 16.7 Å². The van der Waals surface area contributed by atoms with Gasteiger partial charge in [0.05, 0.1) is 0 Å². The smallest absolute Gasteiger partial charge is 0.234 e. The highest BCUT2D eigenvalue weighted by Gasteiger charge is 2.32. The van der Waals surface area contributed by atoms with Crippen LogP contribution in [0.15, 0.2) is 48.5 Å². The average molecular weight is 252 g/mol. The van der Waals surface area contributed by atoms with E-state index < -0.39 is 17.4 Å². The van der Waals surface area contributed by atoms with Crippen molar-refractivity contribution in [2.24, 2.45) is 0 Å². The second-order valence-corrected chi connectivity index (χ2v) is 4.28. The van der Waals surface area contributed by atoms with Crippen LogP contribution < -0.4 is 0 Å². The first-order valence-corrected chi connectivity index (χ1v) is 5.83. The Labute approximate surface area is 109 Å². The summed E-state index contributed by atoms with van der Waals surface area (Å²) in [6.45, 7) is 0. The number of fused-ring (bicyclic) bond motifs is 1. The molecule has 19 heavy (non-hydrogen) atoms. The molecule has 0 unspecified atom stereocenters. The highest BCUT2D eigenvalue weighted by atomic mass is 19.1. The lowest BCUT2D eigenvalue weighted by Gasteiger charge is -2.00. The predicted octanol–water partition coefficient (Wildman–Crippen LogP) is 3.13. The van der Waals surface area contributed by atoms with E-state index in [1.54, 1.807) is 42.5 Å². The molecular formula is C16H9FO2. The molecule has 0 amide bonds. The number of carbonyl (C=O) groups is 2. The van der Waals surface area contributed by atoms with Crippen molar-refractivity contribution in [1.29, 1.82) is 0 Å². The summed E-state index contributed by atoms with van der Waals surface area (Å²) in [4.78, 5) is 23.7. The monoisotopic (exact) mass is 252 g/mol. The lowest BCUT2D eigenvalue weighted by Crippen LogP contribution is -2.05. The molecule has 0 aliphatic heterocycles. The Morgan fingerprint density at radius 1 is 0.789 bits per heavy atom. The molecule has 1 aliphatic carbocycles. The standard InChI is InChI=1S/C16H9FO2/c17-14-8-4-1-5-10(14)9-13-11-6-2-3-7-12(11)15(18)16(13)19/h1-9H/b13-9+. The van der Waals surface area contributed by atoms with Crippen LogP contribution in [0.3, 0.4) is 0 Å². The third-order valence-corrected chi connectivity index (χ3v) is 3.12. The summed E-state index contributed by atoms with van der Waals surface area (Å²) in [5.41, 5.74) is 1.51. The van der Waals surface area contributed by atoms with E-state index in [2.05, 4.69) is 0 Å². The van der Waals surface area contributed by atoms with Crippen LogP contribution in [-0.2, 0) is 4.79 Å². The minimum Gasteiger partial charge on any atom is -0.285 e. The van der Waals surface area contributed by atoms with Gasteiger partial charge < -0.3 is 0 Å². The van der Waals surface area contributed by atoms with E-state index >= 15 is 0 Å². The first kappa shape index (κ1) is 11.5. The summed E-state index contributed by atoms with van der Waals surface area (Å²) in [5.74, 6) is -1.53. The van der Waals surface area contributed by atoms with Crippen molar-refractivity contribution in [3.63, 3.8) is 0 Å². The van der Waals surface area contributed by atoms with Gasteiger partial charge in [0.25, 0.3) is 0 Å². The van der Waals surface area contributed by atoms with Gasteiger partial charge in [0.15, 0.2) is 0 Å². The summed E-state index contributed by atoms with van der Waals surface area (Å²) in [6, 6.07) is 12.9. The molecule has 0 heterocycles. The van der Waals surface area contributed by atoms with Gasteiger partial charge in [-0.15, -0.1) is 0 Å². The molecule has 0 saturated heterocycles. The Balaban J connectivity index is 2.19. The summed E-state index contributed by atoms with van der Waals surface area (Å²) < 4.78 is 13.6. The zero-order valence-electron chi connectivity index (χ0n) is 9.89. The maximum absolute atomic E-state index is 13.6. The lowest BCUT2D eigenvalue weighted by atomic mass is 10.0. The number of halogens is 1. The summed E-state index contributed by atoms with van der Waals surface area (Å²) >= 11 is 0. The van der Waals surface area contributed by atoms with Crippen molar-refractivity contribution in [1.82, 2.24) is 0 Å². The zero-order chi connectivity index (χ0) is 13.4. The molecule has 0 saturated carbocycles. The maximum Gasteiger partial charge on any atom is 0.234 e. The van der Waals surface area contributed by atoms with Crippen LogP contribution in [0.25, 0.3) is 11.6 Å². The Hall–Kier alpha value is -2.55. The second kappa shape index (κ2) is 4.28. The number of ketones is 2. The number of Topliss-reactive ketones (excluding diaryl/α,β-unsaturated/α-hetero) is 2. The fourth-order valence-electron chi connectivity index (χ4n) is 2.17. The maximum atomic E-state index is 13.6. The minimum absolute atomic E-state index is 0.255. The number of carbonyl (C=O) groups excluding carboxylic acids is 2. The molecule has 0 aromatic heterocycles. The fraction of sp³-hybridized carbons (Fsp3) is 0. The van der Waals surface area contributed by atoms with Crippen LogP contribution in [-0.4, -0.2) is 11.6 Å². The van der Waals surface area contributed by atoms with Gasteiger partial charge in [-0.2, -0.15) is 0 Å². The van der Waals surface area contributed by atoms with Crippen LogP contribution in [0.2, 0.25) is 0 Å². The number of hydrogen-bond acceptors (Lipinski definition) is 2. The molecule has 1 aliphatic rings. The van der Waals surface area contributed by atoms with Gasteiger partial charge in [-0.05, 0) is 17.7 Å². The highest BCUT2D eigenvalue weighted by Crippen LogP contribution is 2.31. The van der Waals surface area contributed by atoms with Crippen molar-refractivity contribution in [2.75, 3.05) is 0 Å². The predicted molar refractivity (Wildman–Crippen MR) is 70.1 cm³/mol. The number of rotatable bonds is 1.